The number of amides is 1. The maximum absolute atomic E-state index is 11.9. The molecule has 0 atom stereocenters. The van der Waals surface area contributed by atoms with Crippen LogP contribution in [0.25, 0.3) is 0 Å². The van der Waals surface area contributed by atoms with E-state index in [-0.39, 0.29) is 5.91 Å². The van der Waals surface area contributed by atoms with Crippen molar-refractivity contribution < 1.29 is 9.53 Å². The minimum Gasteiger partial charge on any atom is -0.489 e. The SMILES string of the molecule is CCCCNC(=O)c1cc(COc2ccc(Cl)cc2)cs1. The zero-order chi connectivity index (χ0) is 15.1. The second kappa shape index (κ2) is 8.05. The number of unbranched alkanes of at least 4 members (excludes halogenated alkanes) is 1. The topological polar surface area (TPSA) is 38.3 Å². The number of nitrogens with one attached hydrogen (secondary N) is 1. The van der Waals surface area contributed by atoms with Gasteiger partial charge in [-0.15, -0.1) is 11.3 Å². The van der Waals surface area contributed by atoms with Gasteiger partial charge in [-0.25, -0.2) is 0 Å². The van der Waals surface area contributed by atoms with Gasteiger partial charge in [-0.2, -0.15) is 0 Å². The van der Waals surface area contributed by atoms with Crippen molar-refractivity contribution in [1.29, 1.82) is 0 Å². The summed E-state index contributed by atoms with van der Waals surface area (Å²) in [5.41, 5.74) is 0.996. The first-order valence-electron chi connectivity index (χ1n) is 6.93. The average Bonchev–Trinajstić information content (AvgIpc) is 2.96. The van der Waals surface area contributed by atoms with Gasteiger partial charge in [-0.05, 0) is 42.1 Å². The highest BCUT2D eigenvalue weighted by Gasteiger charge is 2.08. The van der Waals surface area contributed by atoms with E-state index in [2.05, 4.69) is 12.2 Å². The van der Waals surface area contributed by atoms with Crippen molar-refractivity contribution in [2.45, 2.75) is 26.4 Å². The Kier molecular flexibility index (Phi) is 6.08. The maximum atomic E-state index is 11.9. The average molecular weight is 324 g/mol. The maximum Gasteiger partial charge on any atom is 0.261 e. The van der Waals surface area contributed by atoms with Gasteiger partial charge in [0, 0.05) is 17.1 Å². The van der Waals surface area contributed by atoms with E-state index >= 15 is 0 Å². The van der Waals surface area contributed by atoms with E-state index in [9.17, 15) is 4.79 Å². The molecule has 0 saturated carbocycles. The van der Waals surface area contributed by atoms with Crippen LogP contribution >= 0.6 is 22.9 Å². The van der Waals surface area contributed by atoms with Crippen molar-refractivity contribution in [2.75, 3.05) is 6.54 Å². The Morgan fingerprint density at radius 1 is 1.33 bits per heavy atom. The third-order valence-electron chi connectivity index (χ3n) is 2.91. The van der Waals surface area contributed by atoms with E-state index in [1.165, 1.54) is 11.3 Å². The molecule has 0 spiro atoms. The first-order chi connectivity index (χ1) is 10.2. The monoisotopic (exact) mass is 323 g/mol. The molecule has 0 saturated heterocycles. The van der Waals surface area contributed by atoms with Gasteiger partial charge in [0.05, 0.1) is 4.88 Å². The molecule has 3 nitrogen and oxygen atoms in total. The van der Waals surface area contributed by atoms with Gasteiger partial charge < -0.3 is 10.1 Å². The van der Waals surface area contributed by atoms with E-state index in [0.29, 0.717) is 11.6 Å². The second-order valence-electron chi connectivity index (χ2n) is 4.67. The number of thiophene rings is 1. The predicted octanol–water partition coefficient (Wildman–Crippen LogP) is 4.51. The second-order valence-corrected chi connectivity index (χ2v) is 6.02. The van der Waals surface area contributed by atoms with Gasteiger partial charge in [-0.1, -0.05) is 24.9 Å². The van der Waals surface area contributed by atoms with Gasteiger partial charge in [0.1, 0.15) is 12.4 Å². The Morgan fingerprint density at radius 2 is 2.10 bits per heavy atom. The van der Waals surface area contributed by atoms with Crippen LogP contribution in [0.15, 0.2) is 35.7 Å². The number of carbonyl (C=O) groups excluding carboxylic acids is 1. The van der Waals surface area contributed by atoms with Crippen LogP contribution in [0, 0.1) is 0 Å². The number of ether oxygens (including phenoxy) is 1. The molecule has 1 N–H and O–H groups in total. The molecule has 0 radical (unpaired) electrons. The first-order valence-corrected chi connectivity index (χ1v) is 8.18. The molecule has 21 heavy (non-hydrogen) atoms. The van der Waals surface area contributed by atoms with Crippen LogP contribution in [0.3, 0.4) is 0 Å². The number of hydrogen-bond donors (Lipinski definition) is 1. The molecule has 2 aromatic rings. The van der Waals surface area contributed by atoms with Crippen molar-refractivity contribution in [2.24, 2.45) is 0 Å². The lowest BCUT2D eigenvalue weighted by Gasteiger charge is -2.04. The van der Waals surface area contributed by atoms with Gasteiger partial charge in [0.15, 0.2) is 0 Å². The highest BCUT2D eigenvalue weighted by atomic mass is 35.5. The fourth-order valence-corrected chi connectivity index (χ4v) is 2.67. The van der Waals surface area contributed by atoms with Crippen molar-refractivity contribution in [3.05, 3.63) is 51.2 Å². The van der Waals surface area contributed by atoms with Crippen molar-refractivity contribution >= 4 is 28.8 Å². The number of carbonyl (C=O) groups is 1. The van der Waals surface area contributed by atoms with Gasteiger partial charge in [0.25, 0.3) is 5.91 Å². The van der Waals surface area contributed by atoms with Crippen LogP contribution in [-0.4, -0.2) is 12.5 Å². The fourth-order valence-electron chi connectivity index (χ4n) is 1.73. The summed E-state index contributed by atoms with van der Waals surface area (Å²) in [6, 6.07) is 9.11. The Morgan fingerprint density at radius 3 is 2.81 bits per heavy atom. The summed E-state index contributed by atoms with van der Waals surface area (Å²) in [5, 5.41) is 5.54. The van der Waals surface area contributed by atoms with E-state index in [0.717, 1.165) is 35.6 Å². The lowest BCUT2D eigenvalue weighted by Crippen LogP contribution is -2.23. The summed E-state index contributed by atoms with van der Waals surface area (Å²) in [6.07, 6.45) is 2.08. The molecule has 0 bridgehead atoms. The fraction of sp³-hybridized carbons (Fsp3) is 0.312. The van der Waals surface area contributed by atoms with Crippen LogP contribution in [0.4, 0.5) is 0 Å². The Bertz CT molecular complexity index is 580. The molecule has 1 heterocycles. The molecule has 1 aromatic carbocycles. The highest BCUT2D eigenvalue weighted by Crippen LogP contribution is 2.19. The van der Waals surface area contributed by atoms with E-state index in [4.69, 9.17) is 16.3 Å². The minimum atomic E-state index is -0.00815. The quantitative estimate of drug-likeness (QED) is 0.761. The van der Waals surface area contributed by atoms with Crippen LogP contribution in [-0.2, 0) is 6.61 Å². The van der Waals surface area contributed by atoms with Crippen LogP contribution in [0.2, 0.25) is 5.02 Å². The molecule has 5 heteroatoms. The zero-order valence-corrected chi connectivity index (χ0v) is 13.5. The molecular weight excluding hydrogens is 306 g/mol. The molecule has 0 aliphatic heterocycles. The third kappa shape index (κ3) is 5.06. The summed E-state index contributed by atoms with van der Waals surface area (Å²) < 4.78 is 5.65. The number of hydrogen-bond acceptors (Lipinski definition) is 3. The minimum absolute atomic E-state index is 0.00815. The lowest BCUT2D eigenvalue weighted by atomic mass is 10.3. The molecular formula is C16H18ClNO2S. The summed E-state index contributed by atoms with van der Waals surface area (Å²) in [7, 11) is 0. The van der Waals surface area contributed by atoms with Gasteiger partial charge in [0.2, 0.25) is 0 Å². The van der Waals surface area contributed by atoms with Crippen molar-refractivity contribution in [1.82, 2.24) is 5.32 Å². The van der Waals surface area contributed by atoms with Crippen LogP contribution in [0.1, 0.15) is 35.0 Å². The Balaban J connectivity index is 1.85. The highest BCUT2D eigenvalue weighted by molar-refractivity contribution is 7.12. The number of benzene rings is 1. The summed E-state index contributed by atoms with van der Waals surface area (Å²) in [5.74, 6) is 0.755. The van der Waals surface area contributed by atoms with Crippen LogP contribution in [0.5, 0.6) is 5.75 Å². The smallest absolute Gasteiger partial charge is 0.261 e. The van der Waals surface area contributed by atoms with Crippen LogP contribution < -0.4 is 10.1 Å². The molecule has 2 rings (SSSR count). The molecule has 0 aliphatic carbocycles. The van der Waals surface area contributed by atoms with Crippen molar-refractivity contribution in [3.8, 4) is 5.75 Å². The molecule has 112 valence electrons. The van der Waals surface area contributed by atoms with E-state index < -0.39 is 0 Å². The summed E-state index contributed by atoms with van der Waals surface area (Å²) in [6.45, 7) is 3.27. The lowest BCUT2D eigenvalue weighted by molar-refractivity contribution is 0.0957. The molecule has 1 aromatic heterocycles. The Labute approximate surface area is 133 Å². The van der Waals surface area contributed by atoms with Gasteiger partial charge in [-0.3, -0.25) is 4.79 Å². The zero-order valence-electron chi connectivity index (χ0n) is 11.9. The normalized spacial score (nSPS) is 10.4. The predicted molar refractivity (Wildman–Crippen MR) is 87.3 cm³/mol. The molecule has 1 amide bonds. The van der Waals surface area contributed by atoms with E-state index in [1.807, 2.05) is 23.6 Å². The van der Waals surface area contributed by atoms with Crippen molar-refractivity contribution in [3.63, 3.8) is 0 Å². The number of halogens is 1. The summed E-state index contributed by atoms with van der Waals surface area (Å²) in [4.78, 5) is 12.6. The molecule has 0 fully saturated rings. The standard InChI is InChI=1S/C16H18ClNO2S/c1-2-3-8-18-16(19)15-9-12(11-21-15)10-20-14-6-4-13(17)5-7-14/h4-7,9,11H,2-3,8,10H2,1H3,(H,18,19). The number of rotatable bonds is 7. The summed E-state index contributed by atoms with van der Waals surface area (Å²) >= 11 is 7.26. The molecule has 0 unspecified atom stereocenters. The van der Waals surface area contributed by atoms with E-state index in [1.54, 1.807) is 12.1 Å². The van der Waals surface area contributed by atoms with Gasteiger partial charge >= 0.3 is 0 Å². The largest absolute Gasteiger partial charge is 0.489 e. The molecule has 0 aliphatic rings. The Hall–Kier alpha value is -1.52. The third-order valence-corrected chi connectivity index (χ3v) is 4.14. The first kappa shape index (κ1) is 15.9.